The van der Waals surface area contributed by atoms with Crippen molar-refractivity contribution in [2.24, 2.45) is 0 Å². The second-order valence-electron chi connectivity index (χ2n) is 9.97. The Morgan fingerprint density at radius 2 is 1.89 bits per heavy atom. The summed E-state index contributed by atoms with van der Waals surface area (Å²) in [5, 5.41) is 3.47. The number of carbonyl (C=O) groups excluding carboxylic acids is 2. The Morgan fingerprint density at radius 3 is 2.58 bits per heavy atom. The summed E-state index contributed by atoms with van der Waals surface area (Å²) in [5.41, 5.74) is 3.46. The molecule has 1 saturated heterocycles. The number of aryl methyl sites for hydroxylation is 2. The molecule has 3 heterocycles. The van der Waals surface area contributed by atoms with Crippen molar-refractivity contribution in [1.29, 1.82) is 0 Å². The highest BCUT2D eigenvalue weighted by molar-refractivity contribution is 6.32. The fraction of sp³-hybridized carbons (Fsp3) is 0.429. The summed E-state index contributed by atoms with van der Waals surface area (Å²) in [6.07, 6.45) is 6.20. The van der Waals surface area contributed by atoms with Gasteiger partial charge in [0.05, 0.1) is 29.2 Å². The van der Waals surface area contributed by atoms with Crippen LogP contribution in [0.1, 0.15) is 47.1 Å². The van der Waals surface area contributed by atoms with Crippen molar-refractivity contribution in [3.63, 3.8) is 0 Å². The van der Waals surface area contributed by atoms with E-state index in [2.05, 4.69) is 10.3 Å². The van der Waals surface area contributed by atoms with Gasteiger partial charge >= 0.3 is 0 Å². The predicted octanol–water partition coefficient (Wildman–Crippen LogP) is 4.63. The number of carbonyl (C=O) groups is 2. The zero-order valence-corrected chi connectivity index (χ0v) is 23.4. The second-order valence-corrected chi connectivity index (χ2v) is 10.4. The van der Waals surface area contributed by atoms with Crippen LogP contribution in [-0.2, 0) is 4.79 Å². The molecule has 9 nitrogen and oxygen atoms in total. The summed E-state index contributed by atoms with van der Waals surface area (Å²) in [5.74, 6) is 0.618. The van der Waals surface area contributed by atoms with Crippen molar-refractivity contribution >= 4 is 40.4 Å². The molecule has 2 amide bonds. The van der Waals surface area contributed by atoms with Crippen molar-refractivity contribution < 1.29 is 14.3 Å². The van der Waals surface area contributed by atoms with Crippen LogP contribution in [0.25, 0.3) is 11.0 Å². The van der Waals surface area contributed by atoms with E-state index in [1.165, 1.54) is 0 Å². The van der Waals surface area contributed by atoms with Gasteiger partial charge in [-0.1, -0.05) is 17.7 Å². The number of nitrogens with one attached hydrogen (secondary N) is 1. The van der Waals surface area contributed by atoms with Gasteiger partial charge < -0.3 is 19.1 Å². The standard InChI is InChI=1S/C28H35ClN6O3/c1-18-13-20(14-19(2)30-18)27(37)32-28-31-23-16-25(38-5)22(29)15-24(23)35(28)21-9-6-7-12-34(17-21)26(36)10-8-11-33(3)4/h8,10,13-16,21H,6-7,9,11-12,17H2,1-5H3,(H,31,32,37). The summed E-state index contributed by atoms with van der Waals surface area (Å²) in [4.78, 5) is 39.4. The van der Waals surface area contributed by atoms with Crippen molar-refractivity contribution in [3.8, 4) is 5.75 Å². The Balaban J connectivity index is 1.72. The number of pyridine rings is 1. The van der Waals surface area contributed by atoms with Crippen molar-refractivity contribution in [2.45, 2.75) is 39.2 Å². The van der Waals surface area contributed by atoms with E-state index < -0.39 is 0 Å². The minimum absolute atomic E-state index is 0.0174. The molecule has 3 aromatic rings. The highest BCUT2D eigenvalue weighted by Crippen LogP contribution is 2.35. The topological polar surface area (TPSA) is 92.6 Å². The molecule has 2 aromatic heterocycles. The second kappa shape index (κ2) is 12.0. The van der Waals surface area contributed by atoms with Gasteiger partial charge in [0.25, 0.3) is 5.91 Å². The number of rotatable bonds is 7. The lowest BCUT2D eigenvalue weighted by molar-refractivity contribution is -0.126. The van der Waals surface area contributed by atoms with Crippen LogP contribution in [0.3, 0.4) is 0 Å². The minimum atomic E-state index is -0.276. The van der Waals surface area contributed by atoms with Crippen molar-refractivity contribution in [1.82, 2.24) is 24.3 Å². The first-order valence-electron chi connectivity index (χ1n) is 12.8. The number of imidazole rings is 1. The van der Waals surface area contributed by atoms with E-state index in [4.69, 9.17) is 21.3 Å². The average molecular weight is 539 g/mol. The van der Waals surface area contributed by atoms with Crippen LogP contribution in [0.4, 0.5) is 5.95 Å². The molecule has 202 valence electrons. The first-order chi connectivity index (χ1) is 18.2. The summed E-state index contributed by atoms with van der Waals surface area (Å²) in [6.45, 7) is 5.59. The van der Waals surface area contributed by atoms with Gasteiger partial charge in [-0.2, -0.15) is 0 Å². The summed E-state index contributed by atoms with van der Waals surface area (Å²) in [6, 6.07) is 6.98. The quantitative estimate of drug-likeness (QED) is 0.441. The zero-order valence-electron chi connectivity index (χ0n) is 22.6. The molecule has 4 rings (SSSR count). The molecule has 0 radical (unpaired) electrons. The minimum Gasteiger partial charge on any atom is -0.495 e. The number of anilines is 1. The molecule has 0 aliphatic carbocycles. The zero-order chi connectivity index (χ0) is 27.4. The third-order valence-corrected chi connectivity index (χ3v) is 6.88. The van der Waals surface area contributed by atoms with Crippen molar-refractivity contribution in [3.05, 3.63) is 58.4 Å². The summed E-state index contributed by atoms with van der Waals surface area (Å²) < 4.78 is 7.42. The van der Waals surface area contributed by atoms with E-state index in [0.717, 1.165) is 36.2 Å². The first kappa shape index (κ1) is 27.6. The van der Waals surface area contributed by atoms with Crippen LogP contribution >= 0.6 is 11.6 Å². The molecule has 1 aromatic carbocycles. The van der Waals surface area contributed by atoms with Gasteiger partial charge in [-0.15, -0.1) is 0 Å². The molecule has 1 aliphatic rings. The summed E-state index contributed by atoms with van der Waals surface area (Å²) >= 11 is 6.52. The Hall–Kier alpha value is -3.43. The molecule has 0 saturated carbocycles. The van der Waals surface area contributed by atoms with E-state index in [1.54, 1.807) is 31.4 Å². The Bertz CT molecular complexity index is 1350. The van der Waals surface area contributed by atoms with Crippen LogP contribution < -0.4 is 10.1 Å². The van der Waals surface area contributed by atoms with Crippen LogP contribution in [0.5, 0.6) is 5.75 Å². The molecule has 0 spiro atoms. The number of ether oxygens (including phenoxy) is 1. The molecule has 1 aliphatic heterocycles. The number of nitrogens with zero attached hydrogens (tertiary/aromatic N) is 5. The monoisotopic (exact) mass is 538 g/mol. The lowest BCUT2D eigenvalue weighted by Crippen LogP contribution is -2.34. The maximum Gasteiger partial charge on any atom is 0.258 e. The fourth-order valence-electron chi connectivity index (χ4n) is 4.85. The maximum absolute atomic E-state index is 13.3. The van der Waals surface area contributed by atoms with E-state index in [1.807, 2.05) is 54.5 Å². The van der Waals surface area contributed by atoms with Gasteiger partial charge in [0.2, 0.25) is 11.9 Å². The molecule has 1 fully saturated rings. The van der Waals surface area contributed by atoms with E-state index in [-0.39, 0.29) is 17.9 Å². The van der Waals surface area contributed by atoms with Gasteiger partial charge in [0, 0.05) is 48.7 Å². The molecule has 38 heavy (non-hydrogen) atoms. The number of likely N-dealkylation sites (tertiary alicyclic amines) is 1. The van der Waals surface area contributed by atoms with Gasteiger partial charge in [-0.3, -0.25) is 19.9 Å². The van der Waals surface area contributed by atoms with E-state index in [9.17, 15) is 9.59 Å². The molecule has 10 heteroatoms. The third kappa shape index (κ3) is 6.34. The number of likely N-dealkylation sites (N-methyl/N-ethyl adjacent to an activating group) is 1. The Labute approximate surface area is 228 Å². The van der Waals surface area contributed by atoms with Gasteiger partial charge in [0.15, 0.2) is 0 Å². The SMILES string of the molecule is COc1cc2nc(NC(=O)c3cc(C)nc(C)c3)n(C3CCCCN(C(=O)C=CCN(C)C)C3)c2cc1Cl. The molecular weight excluding hydrogens is 504 g/mol. The van der Waals surface area contributed by atoms with Crippen LogP contribution in [-0.4, -0.2) is 77.0 Å². The lowest BCUT2D eigenvalue weighted by atomic mass is 10.1. The molecule has 0 bridgehead atoms. The number of hydrogen-bond acceptors (Lipinski definition) is 6. The number of fused-ring (bicyclic) bond motifs is 1. The number of methoxy groups -OCH3 is 1. The van der Waals surface area contributed by atoms with E-state index in [0.29, 0.717) is 47.4 Å². The van der Waals surface area contributed by atoms with Gasteiger partial charge in [0.1, 0.15) is 5.75 Å². The number of aromatic nitrogens is 3. The normalized spacial score (nSPS) is 16.3. The average Bonchev–Trinajstić information content (AvgIpc) is 3.01. The highest BCUT2D eigenvalue weighted by atomic mass is 35.5. The van der Waals surface area contributed by atoms with Crippen LogP contribution in [0, 0.1) is 13.8 Å². The number of benzene rings is 1. The molecule has 1 atom stereocenters. The predicted molar refractivity (Wildman–Crippen MR) is 150 cm³/mol. The summed E-state index contributed by atoms with van der Waals surface area (Å²) in [7, 11) is 5.48. The third-order valence-electron chi connectivity index (χ3n) is 6.59. The lowest BCUT2D eigenvalue weighted by Gasteiger charge is -2.26. The highest BCUT2D eigenvalue weighted by Gasteiger charge is 2.27. The first-order valence-corrected chi connectivity index (χ1v) is 13.2. The number of hydrogen-bond donors (Lipinski definition) is 1. The molecular formula is C28H35ClN6O3. The number of halogens is 1. The maximum atomic E-state index is 13.3. The Kier molecular flexibility index (Phi) is 8.69. The van der Waals surface area contributed by atoms with Gasteiger partial charge in [-0.05, 0) is 65.4 Å². The number of amides is 2. The fourth-order valence-corrected chi connectivity index (χ4v) is 5.09. The van der Waals surface area contributed by atoms with Crippen molar-refractivity contribution in [2.75, 3.05) is 46.2 Å². The van der Waals surface area contributed by atoms with Gasteiger partial charge in [-0.25, -0.2) is 4.98 Å². The van der Waals surface area contributed by atoms with Crippen LogP contribution in [0.2, 0.25) is 5.02 Å². The van der Waals surface area contributed by atoms with E-state index >= 15 is 0 Å². The Morgan fingerprint density at radius 1 is 1.16 bits per heavy atom. The van der Waals surface area contributed by atoms with Crippen LogP contribution in [0.15, 0.2) is 36.4 Å². The smallest absolute Gasteiger partial charge is 0.258 e. The molecule has 1 N–H and O–H groups in total. The largest absolute Gasteiger partial charge is 0.495 e. The molecule has 1 unspecified atom stereocenters.